The highest BCUT2D eigenvalue weighted by atomic mass is 19.1. The van der Waals surface area contributed by atoms with Crippen LogP contribution in [0.5, 0.6) is 0 Å². The van der Waals surface area contributed by atoms with Gasteiger partial charge in [-0.15, -0.1) is 0 Å². The van der Waals surface area contributed by atoms with Crippen molar-refractivity contribution in [2.75, 3.05) is 5.32 Å². The molecule has 19 heavy (non-hydrogen) atoms. The maximum absolute atomic E-state index is 13.4. The zero-order valence-electron chi connectivity index (χ0n) is 9.61. The van der Waals surface area contributed by atoms with E-state index in [1.54, 1.807) is 6.07 Å². The predicted molar refractivity (Wildman–Crippen MR) is 65.5 cm³/mol. The molecule has 0 bridgehead atoms. The van der Waals surface area contributed by atoms with Crippen LogP contribution < -0.4 is 5.32 Å². The van der Waals surface area contributed by atoms with Gasteiger partial charge in [-0.05, 0) is 36.4 Å². The summed E-state index contributed by atoms with van der Waals surface area (Å²) in [5.74, 6) is -1.18. The van der Waals surface area contributed by atoms with Crippen LogP contribution in [-0.2, 0) is 0 Å². The van der Waals surface area contributed by atoms with Crippen LogP contribution in [0, 0.1) is 34.3 Å². The third kappa shape index (κ3) is 2.67. The van der Waals surface area contributed by atoms with Crippen molar-refractivity contribution >= 4 is 11.4 Å². The smallest absolute Gasteiger partial charge is 0.143 e. The Labute approximate surface area is 108 Å². The number of anilines is 2. The molecule has 0 fully saturated rings. The fourth-order valence-electron chi connectivity index (χ4n) is 1.56. The minimum Gasteiger partial charge on any atom is -0.354 e. The fourth-order valence-corrected chi connectivity index (χ4v) is 1.56. The summed E-state index contributed by atoms with van der Waals surface area (Å²) >= 11 is 0. The van der Waals surface area contributed by atoms with Gasteiger partial charge in [0.05, 0.1) is 16.8 Å². The van der Waals surface area contributed by atoms with Crippen LogP contribution in [0.1, 0.15) is 11.1 Å². The van der Waals surface area contributed by atoms with Crippen molar-refractivity contribution in [1.82, 2.24) is 0 Å². The second kappa shape index (κ2) is 5.16. The highest BCUT2D eigenvalue weighted by Crippen LogP contribution is 2.22. The van der Waals surface area contributed by atoms with Crippen molar-refractivity contribution in [2.45, 2.75) is 0 Å². The fraction of sp³-hybridized carbons (Fsp3) is 0. The molecule has 2 rings (SSSR count). The van der Waals surface area contributed by atoms with Gasteiger partial charge in [-0.3, -0.25) is 0 Å². The summed E-state index contributed by atoms with van der Waals surface area (Å²) in [6, 6.07) is 11.2. The van der Waals surface area contributed by atoms with E-state index in [-0.39, 0.29) is 11.1 Å². The van der Waals surface area contributed by atoms with Gasteiger partial charge in [-0.25, -0.2) is 8.78 Å². The standard InChI is InChI=1S/C14H7F2N3/c15-11-2-4-14(10(5-11)8-18)19-12-3-1-9(7-17)13(16)6-12/h1-6,19H. The molecule has 0 aliphatic carbocycles. The summed E-state index contributed by atoms with van der Waals surface area (Å²) in [7, 11) is 0. The van der Waals surface area contributed by atoms with E-state index < -0.39 is 11.6 Å². The van der Waals surface area contributed by atoms with Crippen LogP contribution in [0.15, 0.2) is 36.4 Å². The van der Waals surface area contributed by atoms with E-state index >= 15 is 0 Å². The number of halogens is 2. The highest BCUT2D eigenvalue weighted by Gasteiger charge is 2.06. The van der Waals surface area contributed by atoms with Gasteiger partial charge in [-0.1, -0.05) is 0 Å². The first kappa shape index (κ1) is 12.5. The monoisotopic (exact) mass is 255 g/mol. The number of hydrogen-bond donors (Lipinski definition) is 1. The second-order valence-electron chi connectivity index (χ2n) is 3.73. The van der Waals surface area contributed by atoms with Crippen LogP contribution in [0.25, 0.3) is 0 Å². The molecule has 0 heterocycles. The lowest BCUT2D eigenvalue weighted by atomic mass is 10.1. The molecule has 0 unspecified atom stereocenters. The van der Waals surface area contributed by atoms with Crippen LogP contribution in [0.3, 0.4) is 0 Å². The lowest BCUT2D eigenvalue weighted by Gasteiger charge is -2.08. The predicted octanol–water partition coefficient (Wildman–Crippen LogP) is 3.45. The average Bonchev–Trinajstić information content (AvgIpc) is 2.41. The van der Waals surface area contributed by atoms with Crippen molar-refractivity contribution in [1.29, 1.82) is 10.5 Å². The Bertz CT molecular complexity index is 712. The molecule has 1 N–H and O–H groups in total. The first-order valence-electron chi connectivity index (χ1n) is 5.30. The lowest BCUT2D eigenvalue weighted by molar-refractivity contribution is 0.624. The van der Waals surface area contributed by atoms with Gasteiger partial charge in [0, 0.05) is 5.69 Å². The first-order chi connectivity index (χ1) is 9.13. The SMILES string of the molecule is N#Cc1ccc(Nc2ccc(F)cc2C#N)cc1F. The van der Waals surface area contributed by atoms with Crippen molar-refractivity contribution in [3.63, 3.8) is 0 Å². The summed E-state index contributed by atoms with van der Waals surface area (Å²) in [5.41, 5.74) is 0.794. The zero-order chi connectivity index (χ0) is 13.8. The largest absolute Gasteiger partial charge is 0.354 e. The average molecular weight is 255 g/mol. The molecule has 0 aromatic heterocycles. The van der Waals surface area contributed by atoms with Crippen molar-refractivity contribution in [3.05, 3.63) is 59.2 Å². The van der Waals surface area contributed by atoms with Gasteiger partial charge in [-0.2, -0.15) is 10.5 Å². The molecule has 3 nitrogen and oxygen atoms in total. The van der Waals surface area contributed by atoms with Crippen LogP contribution in [0.4, 0.5) is 20.2 Å². The molecule has 0 amide bonds. The van der Waals surface area contributed by atoms with Crippen LogP contribution in [-0.4, -0.2) is 0 Å². The maximum atomic E-state index is 13.4. The summed E-state index contributed by atoms with van der Waals surface area (Å²) in [4.78, 5) is 0. The molecule has 0 aliphatic heterocycles. The second-order valence-corrected chi connectivity index (χ2v) is 3.73. The number of hydrogen-bond acceptors (Lipinski definition) is 3. The Morgan fingerprint density at radius 2 is 1.63 bits per heavy atom. The van der Waals surface area contributed by atoms with E-state index in [0.29, 0.717) is 11.4 Å². The third-order valence-corrected chi connectivity index (χ3v) is 2.47. The summed E-state index contributed by atoms with van der Waals surface area (Å²) in [6.45, 7) is 0. The molecule has 0 spiro atoms. The number of nitriles is 2. The van der Waals surface area contributed by atoms with E-state index in [9.17, 15) is 8.78 Å². The molecule has 0 aliphatic rings. The Morgan fingerprint density at radius 3 is 2.26 bits per heavy atom. The number of nitrogens with one attached hydrogen (secondary N) is 1. The summed E-state index contributed by atoms with van der Waals surface area (Å²) in [6.07, 6.45) is 0. The highest BCUT2D eigenvalue weighted by molar-refractivity contribution is 5.67. The van der Waals surface area contributed by atoms with Gasteiger partial charge in [0.25, 0.3) is 0 Å². The number of benzene rings is 2. The Hall–Kier alpha value is -2.92. The molecule has 2 aromatic carbocycles. The van der Waals surface area contributed by atoms with E-state index in [2.05, 4.69) is 5.32 Å². The zero-order valence-corrected chi connectivity index (χ0v) is 9.61. The summed E-state index contributed by atoms with van der Waals surface area (Å²) in [5, 5.41) is 20.3. The Balaban J connectivity index is 2.35. The van der Waals surface area contributed by atoms with Crippen molar-refractivity contribution in [3.8, 4) is 12.1 Å². The normalized spacial score (nSPS) is 9.47. The van der Waals surface area contributed by atoms with Gasteiger partial charge in [0.15, 0.2) is 0 Å². The lowest BCUT2D eigenvalue weighted by Crippen LogP contribution is -1.96. The molecule has 0 atom stereocenters. The molecule has 0 saturated heterocycles. The van der Waals surface area contributed by atoms with E-state index in [0.717, 1.165) is 12.1 Å². The molecule has 0 saturated carbocycles. The minimum absolute atomic E-state index is 0.0647. The summed E-state index contributed by atoms with van der Waals surface area (Å²) < 4.78 is 26.4. The quantitative estimate of drug-likeness (QED) is 0.894. The molecular weight excluding hydrogens is 248 g/mol. The molecule has 92 valence electrons. The molecule has 0 radical (unpaired) electrons. The Kier molecular flexibility index (Phi) is 3.40. The topological polar surface area (TPSA) is 59.6 Å². The van der Waals surface area contributed by atoms with E-state index in [4.69, 9.17) is 10.5 Å². The van der Waals surface area contributed by atoms with Crippen molar-refractivity contribution < 1.29 is 8.78 Å². The third-order valence-electron chi connectivity index (χ3n) is 2.47. The van der Waals surface area contributed by atoms with Crippen LogP contribution >= 0.6 is 0 Å². The first-order valence-corrected chi connectivity index (χ1v) is 5.30. The van der Waals surface area contributed by atoms with E-state index in [1.807, 2.05) is 6.07 Å². The van der Waals surface area contributed by atoms with Gasteiger partial charge < -0.3 is 5.32 Å². The van der Waals surface area contributed by atoms with E-state index in [1.165, 1.54) is 24.3 Å². The number of rotatable bonds is 2. The van der Waals surface area contributed by atoms with Gasteiger partial charge in [0.1, 0.15) is 23.8 Å². The maximum Gasteiger partial charge on any atom is 0.143 e. The molecule has 5 heteroatoms. The van der Waals surface area contributed by atoms with Gasteiger partial charge in [0.2, 0.25) is 0 Å². The van der Waals surface area contributed by atoms with Crippen molar-refractivity contribution in [2.24, 2.45) is 0 Å². The van der Waals surface area contributed by atoms with Crippen LogP contribution in [0.2, 0.25) is 0 Å². The number of nitrogens with zero attached hydrogens (tertiary/aromatic N) is 2. The van der Waals surface area contributed by atoms with Gasteiger partial charge >= 0.3 is 0 Å². The molecular formula is C14H7F2N3. The minimum atomic E-state index is -0.659. The molecule has 2 aromatic rings. The Morgan fingerprint density at radius 1 is 0.895 bits per heavy atom.